The number of aromatic nitrogens is 1. The third-order valence-corrected chi connectivity index (χ3v) is 2.68. The second-order valence-electron chi connectivity index (χ2n) is 4.23. The van der Waals surface area contributed by atoms with E-state index >= 15 is 0 Å². The van der Waals surface area contributed by atoms with Crippen molar-refractivity contribution in [1.29, 1.82) is 0 Å². The number of carbonyl (C=O) groups is 1. The lowest BCUT2D eigenvalue weighted by atomic mass is 10.1. The van der Waals surface area contributed by atoms with Gasteiger partial charge in [0.2, 0.25) is 0 Å². The van der Waals surface area contributed by atoms with E-state index < -0.39 is 17.8 Å². The van der Waals surface area contributed by atoms with Crippen molar-refractivity contribution in [2.24, 2.45) is 0 Å². The van der Waals surface area contributed by atoms with Crippen LogP contribution >= 0.6 is 0 Å². The standard InChI is InChI=1S/C12H16F3N3O/c1-7(16-3)6-17-11(19)9-4-5-10(12(13,14)15)18-8(9)2/h4-5,7,16H,6H2,1-3H3,(H,17,19). The lowest BCUT2D eigenvalue weighted by molar-refractivity contribution is -0.141. The summed E-state index contributed by atoms with van der Waals surface area (Å²) in [5.74, 6) is -0.430. The summed E-state index contributed by atoms with van der Waals surface area (Å²) < 4.78 is 37.3. The number of hydrogen-bond donors (Lipinski definition) is 2. The number of halogens is 3. The molecule has 0 radical (unpaired) electrons. The van der Waals surface area contributed by atoms with Crippen LogP contribution in [-0.4, -0.2) is 30.5 Å². The Hall–Kier alpha value is -1.63. The van der Waals surface area contributed by atoms with Crippen molar-refractivity contribution in [3.63, 3.8) is 0 Å². The van der Waals surface area contributed by atoms with Crippen LogP contribution in [0.2, 0.25) is 0 Å². The van der Waals surface area contributed by atoms with Gasteiger partial charge < -0.3 is 10.6 Å². The summed E-state index contributed by atoms with van der Waals surface area (Å²) in [6.45, 7) is 3.64. The van der Waals surface area contributed by atoms with E-state index in [4.69, 9.17) is 0 Å². The van der Waals surface area contributed by atoms with Crippen LogP contribution in [-0.2, 0) is 6.18 Å². The summed E-state index contributed by atoms with van der Waals surface area (Å²) >= 11 is 0. The number of likely N-dealkylation sites (N-methyl/N-ethyl adjacent to an activating group) is 1. The molecule has 4 nitrogen and oxygen atoms in total. The predicted molar refractivity (Wildman–Crippen MR) is 64.8 cm³/mol. The zero-order valence-corrected chi connectivity index (χ0v) is 10.9. The minimum absolute atomic E-state index is 0.0597. The first kappa shape index (κ1) is 15.4. The third kappa shape index (κ3) is 4.20. The van der Waals surface area contributed by atoms with Gasteiger partial charge in [-0.15, -0.1) is 0 Å². The van der Waals surface area contributed by atoms with Crippen molar-refractivity contribution in [1.82, 2.24) is 15.6 Å². The van der Waals surface area contributed by atoms with Crippen LogP contribution in [0.1, 0.15) is 28.7 Å². The van der Waals surface area contributed by atoms with Crippen molar-refractivity contribution < 1.29 is 18.0 Å². The zero-order valence-electron chi connectivity index (χ0n) is 10.9. The summed E-state index contributed by atoms with van der Waals surface area (Å²) in [7, 11) is 1.75. The molecule has 1 aromatic rings. The zero-order chi connectivity index (χ0) is 14.6. The van der Waals surface area contributed by atoms with Gasteiger partial charge in [-0.25, -0.2) is 4.98 Å². The number of carbonyl (C=O) groups excluding carboxylic acids is 1. The molecule has 2 N–H and O–H groups in total. The van der Waals surface area contributed by atoms with Gasteiger partial charge in [0, 0.05) is 12.6 Å². The van der Waals surface area contributed by atoms with Gasteiger partial charge in [-0.05, 0) is 33.0 Å². The molecule has 1 heterocycles. The first-order chi connectivity index (χ1) is 8.75. The Morgan fingerprint density at radius 1 is 1.42 bits per heavy atom. The summed E-state index contributed by atoms with van der Waals surface area (Å²) in [6, 6.07) is 2.03. The Bertz CT molecular complexity index is 460. The number of alkyl halides is 3. The van der Waals surface area contributed by atoms with Gasteiger partial charge in [-0.3, -0.25) is 4.79 Å². The third-order valence-electron chi connectivity index (χ3n) is 2.68. The molecule has 0 fully saturated rings. The fraction of sp³-hybridized carbons (Fsp3) is 0.500. The van der Waals surface area contributed by atoms with E-state index in [1.54, 1.807) is 7.05 Å². The molecular formula is C12H16F3N3O. The highest BCUT2D eigenvalue weighted by molar-refractivity contribution is 5.95. The maximum atomic E-state index is 12.4. The fourth-order valence-corrected chi connectivity index (χ4v) is 1.40. The highest BCUT2D eigenvalue weighted by atomic mass is 19.4. The van der Waals surface area contributed by atoms with E-state index in [0.29, 0.717) is 6.54 Å². The smallest absolute Gasteiger partial charge is 0.350 e. The van der Waals surface area contributed by atoms with Crippen LogP contribution in [0.3, 0.4) is 0 Å². The van der Waals surface area contributed by atoms with E-state index in [9.17, 15) is 18.0 Å². The maximum Gasteiger partial charge on any atom is 0.433 e. The summed E-state index contributed by atoms with van der Waals surface area (Å²) in [5.41, 5.74) is -0.786. The lowest BCUT2D eigenvalue weighted by Gasteiger charge is -2.13. The Labute approximate surface area is 109 Å². The largest absolute Gasteiger partial charge is 0.433 e. The number of nitrogens with zero attached hydrogens (tertiary/aromatic N) is 1. The summed E-state index contributed by atoms with van der Waals surface area (Å²) in [4.78, 5) is 15.2. The Kier molecular flexibility index (Phi) is 4.88. The lowest BCUT2D eigenvalue weighted by Crippen LogP contribution is -2.37. The van der Waals surface area contributed by atoms with Crippen molar-refractivity contribution in [3.8, 4) is 0 Å². The van der Waals surface area contributed by atoms with Gasteiger partial charge in [-0.1, -0.05) is 0 Å². The molecular weight excluding hydrogens is 259 g/mol. The minimum Gasteiger partial charge on any atom is -0.350 e. The Balaban J connectivity index is 2.82. The maximum absolute atomic E-state index is 12.4. The molecule has 1 aromatic heterocycles. The van der Waals surface area contributed by atoms with E-state index in [0.717, 1.165) is 12.1 Å². The first-order valence-electron chi connectivity index (χ1n) is 5.76. The predicted octanol–water partition coefficient (Wildman–Crippen LogP) is 1.75. The second-order valence-corrected chi connectivity index (χ2v) is 4.23. The molecule has 0 aromatic carbocycles. The van der Waals surface area contributed by atoms with Crippen molar-refractivity contribution in [2.75, 3.05) is 13.6 Å². The SMILES string of the molecule is CNC(C)CNC(=O)c1ccc(C(F)(F)F)nc1C. The van der Waals surface area contributed by atoms with Gasteiger partial charge in [0.05, 0.1) is 11.3 Å². The monoisotopic (exact) mass is 275 g/mol. The molecule has 0 bridgehead atoms. The first-order valence-corrected chi connectivity index (χ1v) is 5.76. The number of amides is 1. The molecule has 0 spiro atoms. The van der Waals surface area contributed by atoms with E-state index in [1.807, 2.05) is 6.92 Å². The van der Waals surface area contributed by atoms with Gasteiger partial charge in [0.1, 0.15) is 5.69 Å². The molecule has 7 heteroatoms. The number of rotatable bonds is 4. The molecule has 19 heavy (non-hydrogen) atoms. The van der Waals surface area contributed by atoms with Crippen LogP contribution < -0.4 is 10.6 Å². The molecule has 0 saturated heterocycles. The normalized spacial score (nSPS) is 13.2. The minimum atomic E-state index is -4.50. The van der Waals surface area contributed by atoms with E-state index in [-0.39, 0.29) is 17.3 Å². The van der Waals surface area contributed by atoms with Crippen LogP contribution in [0.15, 0.2) is 12.1 Å². The van der Waals surface area contributed by atoms with Gasteiger partial charge in [0.15, 0.2) is 0 Å². The molecule has 0 aliphatic heterocycles. The van der Waals surface area contributed by atoms with Crippen molar-refractivity contribution in [3.05, 3.63) is 29.1 Å². The molecule has 0 aliphatic rings. The number of hydrogen-bond acceptors (Lipinski definition) is 3. The average Bonchev–Trinajstić information content (AvgIpc) is 2.34. The number of nitrogens with one attached hydrogen (secondary N) is 2. The number of pyridine rings is 1. The van der Waals surface area contributed by atoms with Crippen molar-refractivity contribution >= 4 is 5.91 Å². The van der Waals surface area contributed by atoms with Crippen LogP contribution in [0.4, 0.5) is 13.2 Å². The topological polar surface area (TPSA) is 54.0 Å². The van der Waals surface area contributed by atoms with Crippen molar-refractivity contribution in [2.45, 2.75) is 26.1 Å². The molecule has 0 aliphatic carbocycles. The van der Waals surface area contributed by atoms with Gasteiger partial charge >= 0.3 is 6.18 Å². The van der Waals surface area contributed by atoms with Gasteiger partial charge in [0.25, 0.3) is 5.91 Å². The molecule has 106 valence electrons. The van der Waals surface area contributed by atoms with Crippen LogP contribution in [0.25, 0.3) is 0 Å². The van der Waals surface area contributed by atoms with Gasteiger partial charge in [-0.2, -0.15) is 13.2 Å². The Morgan fingerprint density at radius 2 is 2.05 bits per heavy atom. The second kappa shape index (κ2) is 6.01. The summed E-state index contributed by atoms with van der Waals surface area (Å²) in [5, 5.41) is 5.56. The number of aryl methyl sites for hydroxylation is 1. The molecule has 1 atom stereocenters. The molecule has 1 rings (SSSR count). The molecule has 1 amide bonds. The summed E-state index contributed by atoms with van der Waals surface area (Å²) in [6.07, 6.45) is -4.50. The van der Waals surface area contributed by atoms with Crippen LogP contribution in [0, 0.1) is 6.92 Å². The Morgan fingerprint density at radius 3 is 2.53 bits per heavy atom. The highest BCUT2D eigenvalue weighted by Crippen LogP contribution is 2.28. The molecule has 0 saturated carbocycles. The molecule has 1 unspecified atom stereocenters. The van der Waals surface area contributed by atoms with E-state index in [2.05, 4.69) is 15.6 Å². The highest BCUT2D eigenvalue weighted by Gasteiger charge is 2.33. The quantitative estimate of drug-likeness (QED) is 0.880. The average molecular weight is 275 g/mol. The fourth-order valence-electron chi connectivity index (χ4n) is 1.40. The van der Waals surface area contributed by atoms with Crippen LogP contribution in [0.5, 0.6) is 0 Å². The van der Waals surface area contributed by atoms with E-state index in [1.165, 1.54) is 6.92 Å².